The lowest BCUT2D eigenvalue weighted by Crippen LogP contribution is -2.17. The van der Waals surface area contributed by atoms with E-state index in [0.717, 1.165) is 23.6 Å². The van der Waals surface area contributed by atoms with Crippen LogP contribution >= 0.6 is 23.4 Å². The number of halogens is 1. The molecule has 0 aromatic heterocycles. The number of anilines is 1. The van der Waals surface area contributed by atoms with E-state index < -0.39 is 0 Å². The standard InChI is InChI=1S/C18H20ClNS/c1-2-5-13-6-3-4-7-16(13)20-17-10-11-21-18-9-8-14(19)12-15(17)18/h3-4,6-9,12,17,20H,2,5,10-11H2,1H3. The van der Waals surface area contributed by atoms with E-state index in [1.165, 1.54) is 28.1 Å². The SMILES string of the molecule is CCCc1ccccc1NC1CCSc2ccc(Cl)cc21. The molecule has 3 rings (SSSR count). The van der Waals surface area contributed by atoms with Gasteiger partial charge in [-0.1, -0.05) is 43.1 Å². The Hall–Kier alpha value is -1.12. The summed E-state index contributed by atoms with van der Waals surface area (Å²) in [6.45, 7) is 2.23. The molecule has 0 radical (unpaired) electrons. The minimum atomic E-state index is 0.359. The summed E-state index contributed by atoms with van der Waals surface area (Å²) < 4.78 is 0. The fourth-order valence-electron chi connectivity index (χ4n) is 2.85. The molecule has 0 amide bonds. The highest BCUT2D eigenvalue weighted by atomic mass is 35.5. The molecule has 0 fully saturated rings. The summed E-state index contributed by atoms with van der Waals surface area (Å²) in [5.74, 6) is 1.16. The summed E-state index contributed by atoms with van der Waals surface area (Å²) in [7, 11) is 0. The minimum Gasteiger partial charge on any atom is -0.378 e. The number of benzene rings is 2. The minimum absolute atomic E-state index is 0.359. The zero-order chi connectivity index (χ0) is 14.7. The van der Waals surface area contributed by atoms with Crippen LogP contribution in [0.25, 0.3) is 0 Å². The van der Waals surface area contributed by atoms with Gasteiger partial charge in [-0.25, -0.2) is 0 Å². The highest BCUT2D eigenvalue weighted by Gasteiger charge is 2.21. The van der Waals surface area contributed by atoms with Crippen molar-refractivity contribution in [3.8, 4) is 0 Å². The predicted molar refractivity (Wildman–Crippen MR) is 93.6 cm³/mol. The first-order valence-corrected chi connectivity index (χ1v) is 8.91. The Kier molecular flexibility index (Phi) is 4.77. The van der Waals surface area contributed by atoms with Crippen LogP contribution in [0.5, 0.6) is 0 Å². The first-order valence-electron chi connectivity index (χ1n) is 7.54. The molecule has 110 valence electrons. The van der Waals surface area contributed by atoms with Crippen molar-refractivity contribution in [3.63, 3.8) is 0 Å². The average molecular weight is 318 g/mol. The molecule has 2 aromatic carbocycles. The fourth-order valence-corrected chi connectivity index (χ4v) is 4.14. The highest BCUT2D eigenvalue weighted by molar-refractivity contribution is 7.99. The molecule has 1 N–H and O–H groups in total. The van der Waals surface area contributed by atoms with E-state index in [-0.39, 0.29) is 0 Å². The second kappa shape index (κ2) is 6.76. The summed E-state index contributed by atoms with van der Waals surface area (Å²) in [4.78, 5) is 1.36. The van der Waals surface area contributed by atoms with Gasteiger partial charge in [-0.15, -0.1) is 11.8 Å². The Bertz CT molecular complexity index is 626. The molecule has 0 aliphatic carbocycles. The Morgan fingerprint density at radius 3 is 2.95 bits per heavy atom. The molecule has 1 aliphatic rings. The number of aryl methyl sites for hydroxylation is 1. The summed E-state index contributed by atoms with van der Waals surface area (Å²) in [6.07, 6.45) is 3.42. The molecule has 0 saturated carbocycles. The van der Waals surface area contributed by atoms with Crippen molar-refractivity contribution in [2.45, 2.75) is 37.1 Å². The second-order valence-electron chi connectivity index (χ2n) is 5.42. The van der Waals surface area contributed by atoms with Crippen molar-refractivity contribution in [1.82, 2.24) is 0 Å². The summed E-state index contributed by atoms with van der Waals surface area (Å²) in [6, 6.07) is 15.3. The zero-order valence-corrected chi connectivity index (χ0v) is 13.8. The topological polar surface area (TPSA) is 12.0 Å². The van der Waals surface area contributed by atoms with Crippen LogP contribution in [0.1, 0.15) is 36.9 Å². The van der Waals surface area contributed by atoms with Crippen LogP contribution in [0.4, 0.5) is 5.69 Å². The lowest BCUT2D eigenvalue weighted by molar-refractivity contribution is 0.726. The number of thioether (sulfide) groups is 1. The van der Waals surface area contributed by atoms with Crippen molar-refractivity contribution >= 4 is 29.1 Å². The molecular weight excluding hydrogens is 298 g/mol. The maximum atomic E-state index is 6.19. The number of para-hydroxylation sites is 1. The molecule has 3 heteroatoms. The molecule has 1 nitrogen and oxygen atoms in total. The van der Waals surface area contributed by atoms with Crippen LogP contribution in [0.15, 0.2) is 47.4 Å². The third-order valence-electron chi connectivity index (χ3n) is 3.88. The van der Waals surface area contributed by atoms with Crippen LogP contribution in [0, 0.1) is 0 Å². The van der Waals surface area contributed by atoms with Gasteiger partial charge in [0.25, 0.3) is 0 Å². The van der Waals surface area contributed by atoms with Crippen molar-refractivity contribution in [2.24, 2.45) is 0 Å². The molecule has 0 saturated heterocycles. The molecule has 0 spiro atoms. The number of hydrogen-bond acceptors (Lipinski definition) is 2. The number of nitrogens with one attached hydrogen (secondary N) is 1. The van der Waals surface area contributed by atoms with Crippen LogP contribution in [0.3, 0.4) is 0 Å². The number of fused-ring (bicyclic) bond motifs is 1. The van der Waals surface area contributed by atoms with Crippen molar-refractivity contribution in [2.75, 3.05) is 11.1 Å². The normalized spacial score (nSPS) is 17.3. The van der Waals surface area contributed by atoms with Gasteiger partial charge in [0.05, 0.1) is 6.04 Å². The van der Waals surface area contributed by atoms with Gasteiger partial charge >= 0.3 is 0 Å². The van der Waals surface area contributed by atoms with E-state index >= 15 is 0 Å². The molecule has 1 heterocycles. The van der Waals surface area contributed by atoms with Gasteiger partial charge in [0, 0.05) is 21.4 Å². The van der Waals surface area contributed by atoms with Gasteiger partial charge in [0.2, 0.25) is 0 Å². The molecule has 1 unspecified atom stereocenters. The van der Waals surface area contributed by atoms with Crippen LogP contribution in [-0.4, -0.2) is 5.75 Å². The van der Waals surface area contributed by atoms with Gasteiger partial charge in [0.15, 0.2) is 0 Å². The molecular formula is C18H20ClNS. The number of rotatable bonds is 4. The number of hydrogen-bond donors (Lipinski definition) is 1. The average Bonchev–Trinajstić information content (AvgIpc) is 2.50. The van der Waals surface area contributed by atoms with E-state index in [0.29, 0.717) is 6.04 Å². The molecule has 1 aliphatic heterocycles. The molecule has 21 heavy (non-hydrogen) atoms. The first kappa shape index (κ1) is 14.8. The maximum Gasteiger partial charge on any atom is 0.0533 e. The largest absolute Gasteiger partial charge is 0.378 e. The maximum absolute atomic E-state index is 6.19. The van der Waals surface area contributed by atoms with Crippen molar-refractivity contribution in [1.29, 1.82) is 0 Å². The smallest absolute Gasteiger partial charge is 0.0533 e. The van der Waals surface area contributed by atoms with E-state index in [1.54, 1.807) is 0 Å². The Labute approximate surface area is 136 Å². The Balaban J connectivity index is 1.88. The summed E-state index contributed by atoms with van der Waals surface area (Å²) >= 11 is 8.12. The van der Waals surface area contributed by atoms with Crippen LogP contribution in [0.2, 0.25) is 5.02 Å². The molecule has 1 atom stereocenters. The first-order chi connectivity index (χ1) is 10.3. The third-order valence-corrected chi connectivity index (χ3v) is 5.24. The van der Waals surface area contributed by atoms with E-state index in [9.17, 15) is 0 Å². The van der Waals surface area contributed by atoms with Crippen molar-refractivity contribution in [3.05, 3.63) is 58.6 Å². The van der Waals surface area contributed by atoms with Crippen LogP contribution in [-0.2, 0) is 6.42 Å². The highest BCUT2D eigenvalue weighted by Crippen LogP contribution is 2.39. The van der Waals surface area contributed by atoms with E-state index in [1.807, 2.05) is 17.8 Å². The molecule has 0 bridgehead atoms. The Morgan fingerprint density at radius 1 is 1.24 bits per heavy atom. The lowest BCUT2D eigenvalue weighted by Gasteiger charge is -2.28. The quantitative estimate of drug-likeness (QED) is 0.748. The Morgan fingerprint density at radius 2 is 2.10 bits per heavy atom. The summed E-state index contributed by atoms with van der Waals surface area (Å²) in [5, 5.41) is 4.57. The third kappa shape index (κ3) is 3.38. The van der Waals surface area contributed by atoms with Crippen LogP contribution < -0.4 is 5.32 Å². The summed E-state index contributed by atoms with van der Waals surface area (Å²) in [5.41, 5.74) is 4.01. The lowest BCUT2D eigenvalue weighted by atomic mass is 10.0. The predicted octanol–water partition coefficient (Wildman–Crippen LogP) is 5.94. The zero-order valence-electron chi connectivity index (χ0n) is 12.2. The second-order valence-corrected chi connectivity index (χ2v) is 7.00. The van der Waals surface area contributed by atoms with Gasteiger partial charge in [0.1, 0.15) is 0 Å². The van der Waals surface area contributed by atoms with E-state index in [2.05, 4.69) is 48.6 Å². The van der Waals surface area contributed by atoms with Gasteiger partial charge in [-0.05, 0) is 48.2 Å². The van der Waals surface area contributed by atoms with Gasteiger partial charge < -0.3 is 5.32 Å². The fraction of sp³-hybridized carbons (Fsp3) is 0.333. The van der Waals surface area contributed by atoms with E-state index in [4.69, 9.17) is 11.6 Å². The van der Waals surface area contributed by atoms with Crippen molar-refractivity contribution < 1.29 is 0 Å². The van der Waals surface area contributed by atoms with Gasteiger partial charge in [-0.2, -0.15) is 0 Å². The molecule has 2 aromatic rings. The monoisotopic (exact) mass is 317 g/mol. The van der Waals surface area contributed by atoms with Gasteiger partial charge in [-0.3, -0.25) is 0 Å².